The molecule has 0 aliphatic rings. The Morgan fingerprint density at radius 3 is 0.777 bits per heavy atom. The van der Waals surface area contributed by atoms with Gasteiger partial charge in [-0.2, -0.15) is 0 Å². The van der Waals surface area contributed by atoms with Crippen LogP contribution in [-0.2, 0) is 0 Å². The van der Waals surface area contributed by atoms with Gasteiger partial charge in [0.2, 0.25) is 0 Å². The summed E-state index contributed by atoms with van der Waals surface area (Å²) in [5, 5.41) is 5.30. The normalized spacial score (nSPS) is 10.9. The highest BCUT2D eigenvalue weighted by Crippen LogP contribution is 2.45. The fourth-order valence-electron chi connectivity index (χ4n) is 16.0. The molecule has 3 aromatic heterocycles. The number of amides is 1. The minimum absolute atomic E-state index is 0.175. The molecule has 21 aromatic rings. The van der Waals surface area contributed by atoms with Gasteiger partial charge in [0.1, 0.15) is 0 Å². The first-order chi connectivity index (χ1) is 64.1. The third-order valence-electron chi connectivity index (χ3n) is 22.6. The first-order valence-electron chi connectivity index (χ1n) is 42.7. The molecule has 0 spiro atoms. The van der Waals surface area contributed by atoms with Crippen LogP contribution < -0.4 is 16.8 Å². The van der Waals surface area contributed by atoms with E-state index < -0.39 is 0 Å². The molecular weight excluding hydrogens is 1660 g/mol. The standard InChI is InChI=1S/C50H34N4O.C39H28N4.C27H19BrN4/c55-50(45-29-14-23-35-18-10-11-25-41(35)45)51-46-42(27-15-28-44(46)43-26-13-12-24-40(43)34-16-4-1-5-17-34)36-30-32-39(33-31-36)49-53-47(37-19-6-2-7-20-37)52-48(54-49)38-21-8-3-9-22-38;40-36-33(21-12-22-35(36)34-20-11-10-19-32(34)27-13-4-1-5-14-27)28-23-25-31(26-24-28)39-42-37(29-15-6-2-7-16-29)41-38(43-39)30-17-8-3-9-18-30;28-23-13-7-12-22(24(23)29)18-14-16-21(17-15-18)27-31-25(19-8-3-1-4-9-19)30-26(32-27)20-10-5-2-6-11-20/h1-33H,(H,51,55);1-26H,40H2;1-17H,29H2. The van der Waals surface area contributed by atoms with Crippen LogP contribution in [0, 0.1) is 0 Å². The van der Waals surface area contributed by atoms with Crippen LogP contribution in [0.3, 0.4) is 0 Å². The van der Waals surface area contributed by atoms with Crippen molar-refractivity contribution in [1.29, 1.82) is 0 Å². The number of hydrogen-bond acceptors (Lipinski definition) is 12. The molecule has 0 saturated heterocycles. The zero-order chi connectivity index (χ0) is 87.9. The molecule has 0 radical (unpaired) electrons. The van der Waals surface area contributed by atoms with Crippen molar-refractivity contribution in [3.63, 3.8) is 0 Å². The number of benzene rings is 18. The zero-order valence-corrected chi connectivity index (χ0v) is 71.9. The lowest BCUT2D eigenvalue weighted by Crippen LogP contribution is -2.14. The largest absolute Gasteiger partial charge is 0.398 e. The maximum Gasteiger partial charge on any atom is 0.256 e. The molecule has 0 aliphatic carbocycles. The Bertz CT molecular complexity index is 7380. The summed E-state index contributed by atoms with van der Waals surface area (Å²) in [6, 6.07) is 154. The van der Waals surface area contributed by atoms with Gasteiger partial charge >= 0.3 is 0 Å². The van der Waals surface area contributed by atoms with Crippen molar-refractivity contribution < 1.29 is 4.79 Å². The molecule has 14 heteroatoms. The molecule has 0 atom stereocenters. The van der Waals surface area contributed by atoms with Crippen molar-refractivity contribution in [2.75, 3.05) is 16.8 Å². The number of fused-ring (bicyclic) bond motifs is 1. The van der Waals surface area contributed by atoms with Crippen molar-refractivity contribution in [2.24, 2.45) is 0 Å². The second-order valence-corrected chi connectivity index (χ2v) is 31.7. The van der Waals surface area contributed by atoms with E-state index in [1.165, 1.54) is 0 Å². The molecule has 0 unspecified atom stereocenters. The van der Waals surface area contributed by atoms with Crippen molar-refractivity contribution in [3.05, 3.63) is 471 Å². The molecule has 3 heterocycles. The van der Waals surface area contributed by atoms with Gasteiger partial charge in [0.25, 0.3) is 5.91 Å². The van der Waals surface area contributed by atoms with Crippen molar-refractivity contribution in [1.82, 2.24) is 44.9 Å². The van der Waals surface area contributed by atoms with Gasteiger partial charge in [-0.05, 0) is 88.9 Å². The molecule has 5 N–H and O–H groups in total. The van der Waals surface area contributed by atoms with Gasteiger partial charge in [0, 0.05) is 93.6 Å². The molecule has 130 heavy (non-hydrogen) atoms. The predicted octanol–water partition coefficient (Wildman–Crippen LogP) is 28.6. The van der Waals surface area contributed by atoms with E-state index >= 15 is 0 Å². The molecule has 18 aromatic carbocycles. The van der Waals surface area contributed by atoms with Gasteiger partial charge in [-0.1, -0.05) is 449 Å². The second kappa shape index (κ2) is 38.5. The SMILES string of the molecule is Nc1c(-c2ccc(-c3nc(-c4ccccc4)nc(-c4ccccc4)n3)cc2)cccc1-c1ccccc1-c1ccccc1.Nc1c(Br)cccc1-c1ccc(-c2nc(-c3ccccc3)nc(-c3ccccc3)n2)cc1.O=C(Nc1c(-c2ccc(-c3nc(-c4ccccc4)nc(-c4ccccc4)n3)cc2)cccc1-c1ccccc1-c1ccccc1)c1cccc2ccccc12. The highest BCUT2D eigenvalue weighted by atomic mass is 79.9. The minimum Gasteiger partial charge on any atom is -0.398 e. The average molecular weight is 1740 g/mol. The molecule has 0 aliphatic heterocycles. The molecule has 13 nitrogen and oxygen atoms in total. The van der Waals surface area contributed by atoms with Crippen LogP contribution in [-0.4, -0.2) is 50.8 Å². The summed E-state index contributed by atoms with van der Waals surface area (Å²) in [7, 11) is 0. The number of carbonyl (C=O) groups excluding carboxylic acids is 1. The Hall–Kier alpha value is -17.2. The monoisotopic (exact) mass is 1740 g/mol. The van der Waals surface area contributed by atoms with E-state index in [-0.39, 0.29) is 5.91 Å². The van der Waals surface area contributed by atoms with Crippen LogP contribution in [0.2, 0.25) is 0 Å². The molecular formula is C116H81BrN12O. The summed E-state index contributed by atoms with van der Waals surface area (Å²) in [5.74, 6) is 5.45. The Morgan fingerprint density at radius 2 is 0.415 bits per heavy atom. The maximum atomic E-state index is 14.4. The summed E-state index contributed by atoms with van der Waals surface area (Å²) in [6.07, 6.45) is 0. The summed E-state index contributed by atoms with van der Waals surface area (Å²) in [4.78, 5) is 57.9. The first-order valence-corrected chi connectivity index (χ1v) is 43.5. The Labute approximate surface area is 762 Å². The summed E-state index contributed by atoms with van der Waals surface area (Å²) < 4.78 is 0.886. The fraction of sp³-hybridized carbons (Fsp3) is 0. The number of carbonyl (C=O) groups is 1. The molecule has 21 rings (SSSR count). The second-order valence-electron chi connectivity index (χ2n) is 30.8. The number of halogens is 1. The summed E-state index contributed by atoms with van der Waals surface area (Å²) >= 11 is 3.50. The fourth-order valence-corrected chi connectivity index (χ4v) is 16.3. The number of aromatic nitrogens is 9. The molecule has 1 amide bonds. The molecule has 0 saturated carbocycles. The van der Waals surface area contributed by atoms with E-state index in [4.69, 9.17) is 56.3 Å². The lowest BCUT2D eigenvalue weighted by molar-refractivity contribution is 0.102. The van der Waals surface area contributed by atoms with Crippen molar-refractivity contribution in [3.8, 4) is 180 Å². The lowest BCUT2D eigenvalue weighted by Gasteiger charge is -2.19. The highest BCUT2D eigenvalue weighted by Gasteiger charge is 2.23. The minimum atomic E-state index is -0.175. The van der Waals surface area contributed by atoms with Crippen molar-refractivity contribution >= 4 is 49.7 Å². The van der Waals surface area contributed by atoms with Gasteiger partial charge < -0.3 is 16.8 Å². The van der Waals surface area contributed by atoms with Gasteiger partial charge in [-0.25, -0.2) is 44.9 Å². The van der Waals surface area contributed by atoms with Crippen LogP contribution in [0.5, 0.6) is 0 Å². The highest BCUT2D eigenvalue weighted by molar-refractivity contribution is 9.10. The first kappa shape index (κ1) is 82.4. The summed E-state index contributed by atoms with van der Waals surface area (Å²) in [5.41, 5.74) is 38.7. The molecule has 0 fully saturated rings. The van der Waals surface area contributed by atoms with Gasteiger partial charge in [-0.15, -0.1) is 0 Å². The quantitative estimate of drug-likeness (QED) is 0.0689. The number of nitrogens with one attached hydrogen (secondary N) is 1. The Balaban J connectivity index is 0.000000131. The van der Waals surface area contributed by atoms with Gasteiger partial charge in [-0.3, -0.25) is 4.79 Å². The van der Waals surface area contributed by atoms with Crippen LogP contribution in [0.1, 0.15) is 10.4 Å². The topological polar surface area (TPSA) is 197 Å². The third-order valence-corrected chi connectivity index (χ3v) is 23.3. The number of nitrogen functional groups attached to an aromatic ring is 2. The number of nitrogens with zero attached hydrogens (tertiary/aromatic N) is 9. The lowest BCUT2D eigenvalue weighted by atomic mass is 9.90. The number of nitrogens with two attached hydrogens (primary N) is 2. The van der Waals surface area contributed by atoms with E-state index in [9.17, 15) is 4.79 Å². The van der Waals surface area contributed by atoms with Crippen LogP contribution in [0.15, 0.2) is 466 Å². The predicted molar refractivity (Wildman–Crippen MR) is 535 cm³/mol. The zero-order valence-electron chi connectivity index (χ0n) is 70.3. The smallest absolute Gasteiger partial charge is 0.256 e. The van der Waals surface area contributed by atoms with Crippen LogP contribution in [0.4, 0.5) is 17.1 Å². The third kappa shape index (κ3) is 18.4. The number of hydrogen-bond donors (Lipinski definition) is 3. The van der Waals surface area contributed by atoms with Crippen molar-refractivity contribution in [2.45, 2.75) is 0 Å². The Kier molecular flexibility index (Phi) is 24.4. The average Bonchev–Trinajstić information content (AvgIpc) is 0.776. The van der Waals surface area contributed by atoms with Crippen LogP contribution in [0.25, 0.3) is 191 Å². The number of rotatable bonds is 18. The number of anilines is 3. The maximum absolute atomic E-state index is 14.4. The van der Waals surface area contributed by atoms with E-state index in [0.717, 1.165) is 160 Å². The molecule has 0 bridgehead atoms. The Morgan fingerprint density at radius 1 is 0.192 bits per heavy atom. The van der Waals surface area contributed by atoms with E-state index in [1.54, 1.807) is 0 Å². The number of para-hydroxylation sites is 3. The van der Waals surface area contributed by atoms with E-state index in [2.05, 4.69) is 173 Å². The summed E-state index contributed by atoms with van der Waals surface area (Å²) in [6.45, 7) is 0. The van der Waals surface area contributed by atoms with E-state index in [1.807, 2.05) is 309 Å². The molecule has 618 valence electrons. The van der Waals surface area contributed by atoms with E-state index in [0.29, 0.717) is 58.0 Å². The van der Waals surface area contributed by atoms with Gasteiger partial charge in [0.15, 0.2) is 52.4 Å². The van der Waals surface area contributed by atoms with Gasteiger partial charge in [0.05, 0.1) is 11.4 Å². The van der Waals surface area contributed by atoms with Crippen LogP contribution >= 0.6 is 15.9 Å².